The largest absolute Gasteiger partial charge is 0.357 e. The molecule has 1 N–H and O–H groups in total. The fourth-order valence-electron chi connectivity index (χ4n) is 2.58. The van der Waals surface area contributed by atoms with E-state index in [0.717, 1.165) is 41.0 Å². The Morgan fingerprint density at radius 2 is 2.08 bits per heavy atom. The van der Waals surface area contributed by atoms with Gasteiger partial charge < -0.3 is 10.2 Å². The van der Waals surface area contributed by atoms with Crippen molar-refractivity contribution in [1.29, 1.82) is 0 Å². The second-order valence-electron chi connectivity index (χ2n) is 5.48. The highest BCUT2D eigenvalue weighted by atomic mass is 32.2. The maximum atomic E-state index is 13.0. The third kappa shape index (κ3) is 4.15. The average Bonchev–Trinajstić information content (AvgIpc) is 3.30. The van der Waals surface area contributed by atoms with Crippen LogP contribution in [0.1, 0.15) is 23.7 Å². The zero-order valence-electron chi connectivity index (χ0n) is 13.4. The maximum absolute atomic E-state index is 13.0. The van der Waals surface area contributed by atoms with Crippen molar-refractivity contribution in [1.82, 2.24) is 15.1 Å². The molecule has 0 aliphatic carbocycles. The summed E-state index contributed by atoms with van der Waals surface area (Å²) in [5, 5.41) is 11.9. The lowest BCUT2D eigenvalue weighted by Gasteiger charge is -2.22. The SMILES string of the molecule is C=CCNc1nnc(S[C@@H](C(=O)N2CCCC2)c2ccccc2)s1. The highest BCUT2D eigenvalue weighted by Crippen LogP contribution is 2.39. The number of carbonyl (C=O) groups is 1. The van der Waals surface area contributed by atoms with Gasteiger partial charge in [0.15, 0.2) is 4.34 Å². The first-order chi connectivity index (χ1) is 11.8. The highest BCUT2D eigenvalue weighted by Gasteiger charge is 2.29. The molecule has 24 heavy (non-hydrogen) atoms. The minimum Gasteiger partial charge on any atom is -0.357 e. The summed E-state index contributed by atoms with van der Waals surface area (Å²) in [5.41, 5.74) is 1.01. The molecule has 0 radical (unpaired) electrons. The van der Waals surface area contributed by atoms with Crippen LogP contribution in [0.3, 0.4) is 0 Å². The molecule has 0 saturated carbocycles. The summed E-state index contributed by atoms with van der Waals surface area (Å²) >= 11 is 2.95. The molecule has 2 heterocycles. The van der Waals surface area contributed by atoms with Crippen molar-refractivity contribution in [2.75, 3.05) is 25.0 Å². The molecule has 1 aliphatic heterocycles. The fraction of sp³-hybridized carbons (Fsp3) is 0.353. The summed E-state index contributed by atoms with van der Waals surface area (Å²) in [6.45, 7) is 6.03. The molecule has 2 aromatic rings. The van der Waals surface area contributed by atoms with Crippen molar-refractivity contribution < 1.29 is 4.79 Å². The van der Waals surface area contributed by atoms with E-state index in [1.807, 2.05) is 35.2 Å². The Hall–Kier alpha value is -1.86. The van der Waals surface area contributed by atoms with Gasteiger partial charge >= 0.3 is 0 Å². The molecule has 1 fully saturated rings. The van der Waals surface area contributed by atoms with Crippen LogP contribution < -0.4 is 5.32 Å². The molecule has 1 aliphatic rings. The van der Waals surface area contributed by atoms with Crippen molar-refractivity contribution in [3.05, 3.63) is 48.6 Å². The van der Waals surface area contributed by atoms with Crippen LogP contribution in [0.4, 0.5) is 5.13 Å². The van der Waals surface area contributed by atoms with E-state index < -0.39 is 0 Å². The summed E-state index contributed by atoms with van der Waals surface area (Å²) in [5.74, 6) is 0.166. The molecule has 1 aromatic carbocycles. The molecule has 3 rings (SSSR count). The molecular formula is C17H20N4OS2. The summed E-state index contributed by atoms with van der Waals surface area (Å²) in [7, 11) is 0. The van der Waals surface area contributed by atoms with E-state index in [4.69, 9.17) is 0 Å². The van der Waals surface area contributed by atoms with E-state index >= 15 is 0 Å². The Morgan fingerprint density at radius 3 is 2.79 bits per heavy atom. The Labute approximate surface area is 150 Å². The normalized spacial score (nSPS) is 15.2. The third-order valence-electron chi connectivity index (χ3n) is 3.77. The molecule has 126 valence electrons. The number of nitrogens with one attached hydrogen (secondary N) is 1. The number of aromatic nitrogens is 2. The van der Waals surface area contributed by atoms with Gasteiger partial charge in [0.05, 0.1) is 0 Å². The lowest BCUT2D eigenvalue weighted by molar-refractivity contribution is -0.129. The molecule has 5 nitrogen and oxygen atoms in total. The van der Waals surface area contributed by atoms with Gasteiger partial charge in [-0.05, 0) is 18.4 Å². The molecule has 1 amide bonds. The zero-order valence-corrected chi connectivity index (χ0v) is 15.0. The van der Waals surface area contributed by atoms with Crippen molar-refractivity contribution in [3.63, 3.8) is 0 Å². The highest BCUT2D eigenvalue weighted by molar-refractivity contribution is 8.01. The lowest BCUT2D eigenvalue weighted by Crippen LogP contribution is -2.31. The maximum Gasteiger partial charge on any atom is 0.240 e. The van der Waals surface area contributed by atoms with E-state index in [1.165, 1.54) is 23.1 Å². The van der Waals surface area contributed by atoms with Crippen molar-refractivity contribution in [3.8, 4) is 0 Å². The number of hydrogen-bond donors (Lipinski definition) is 1. The molecule has 0 bridgehead atoms. The van der Waals surface area contributed by atoms with Gasteiger partial charge in [-0.1, -0.05) is 59.5 Å². The smallest absolute Gasteiger partial charge is 0.240 e. The molecule has 1 atom stereocenters. The molecule has 1 saturated heterocycles. The van der Waals surface area contributed by atoms with E-state index in [-0.39, 0.29) is 11.2 Å². The van der Waals surface area contributed by atoms with Crippen LogP contribution in [0.15, 0.2) is 47.3 Å². The second kappa shape index (κ2) is 8.30. The molecular weight excluding hydrogens is 340 g/mol. The Balaban J connectivity index is 1.78. The molecule has 0 spiro atoms. The van der Waals surface area contributed by atoms with Crippen LogP contribution in [0, 0.1) is 0 Å². The Kier molecular flexibility index (Phi) is 5.87. The van der Waals surface area contributed by atoms with E-state index in [0.29, 0.717) is 6.54 Å². The van der Waals surface area contributed by atoms with Gasteiger partial charge in [0, 0.05) is 19.6 Å². The van der Waals surface area contributed by atoms with Gasteiger partial charge in [0.25, 0.3) is 0 Å². The van der Waals surface area contributed by atoms with E-state index in [9.17, 15) is 4.79 Å². The Morgan fingerprint density at radius 1 is 1.33 bits per heavy atom. The Bertz CT molecular complexity index is 683. The van der Waals surface area contributed by atoms with Crippen molar-refractivity contribution >= 4 is 34.1 Å². The number of carbonyl (C=O) groups excluding carboxylic acids is 1. The standard InChI is InChI=1S/C17H20N4OS2/c1-2-10-18-16-19-20-17(24-16)23-14(13-8-4-3-5-9-13)15(22)21-11-6-7-12-21/h2-5,8-9,14H,1,6-7,10-12H2,(H,18,19)/t14-/m1/s1. The van der Waals surface area contributed by atoms with Gasteiger partial charge in [0.2, 0.25) is 11.0 Å². The first-order valence-electron chi connectivity index (χ1n) is 7.96. The predicted octanol–water partition coefficient (Wildman–Crippen LogP) is 3.59. The van der Waals surface area contributed by atoms with Gasteiger partial charge in [-0.2, -0.15) is 0 Å². The van der Waals surface area contributed by atoms with Gasteiger partial charge in [-0.25, -0.2) is 0 Å². The van der Waals surface area contributed by atoms with Crippen LogP contribution in [0.2, 0.25) is 0 Å². The van der Waals surface area contributed by atoms with E-state index in [2.05, 4.69) is 22.1 Å². The van der Waals surface area contributed by atoms with Crippen LogP contribution in [0.5, 0.6) is 0 Å². The molecule has 1 aromatic heterocycles. The monoisotopic (exact) mass is 360 g/mol. The molecule has 0 unspecified atom stereocenters. The van der Waals surface area contributed by atoms with Crippen LogP contribution in [-0.4, -0.2) is 40.6 Å². The van der Waals surface area contributed by atoms with Crippen molar-refractivity contribution in [2.45, 2.75) is 22.4 Å². The number of anilines is 1. The lowest BCUT2D eigenvalue weighted by atomic mass is 10.1. The topological polar surface area (TPSA) is 58.1 Å². The van der Waals surface area contributed by atoms with E-state index in [1.54, 1.807) is 6.08 Å². The summed E-state index contributed by atoms with van der Waals surface area (Å²) in [6, 6.07) is 9.91. The van der Waals surface area contributed by atoms with Gasteiger partial charge in [-0.15, -0.1) is 16.8 Å². The minimum atomic E-state index is -0.274. The van der Waals surface area contributed by atoms with Crippen LogP contribution in [-0.2, 0) is 4.79 Å². The second-order valence-corrected chi connectivity index (χ2v) is 7.81. The quantitative estimate of drug-likeness (QED) is 0.604. The number of nitrogens with zero attached hydrogens (tertiary/aromatic N) is 3. The number of rotatable bonds is 7. The van der Waals surface area contributed by atoms with Crippen LogP contribution in [0.25, 0.3) is 0 Å². The summed E-state index contributed by atoms with van der Waals surface area (Å²) in [6.07, 6.45) is 3.95. The number of amides is 1. The summed E-state index contributed by atoms with van der Waals surface area (Å²) in [4.78, 5) is 14.9. The number of likely N-dealkylation sites (tertiary alicyclic amines) is 1. The van der Waals surface area contributed by atoms with Gasteiger partial charge in [-0.3, -0.25) is 4.79 Å². The zero-order chi connectivity index (χ0) is 16.8. The third-order valence-corrected chi connectivity index (χ3v) is 5.97. The van der Waals surface area contributed by atoms with Crippen LogP contribution >= 0.6 is 23.1 Å². The predicted molar refractivity (Wildman–Crippen MR) is 99.4 cm³/mol. The first kappa shape index (κ1) is 17.0. The van der Waals surface area contributed by atoms with Gasteiger partial charge in [0.1, 0.15) is 5.25 Å². The molecule has 7 heteroatoms. The fourth-order valence-corrected chi connectivity index (χ4v) is 4.62. The minimum absolute atomic E-state index is 0.166. The number of hydrogen-bond acceptors (Lipinski definition) is 6. The average molecular weight is 361 g/mol. The summed E-state index contributed by atoms with van der Waals surface area (Å²) < 4.78 is 0.794. The number of thioether (sulfide) groups is 1. The first-order valence-corrected chi connectivity index (χ1v) is 9.66. The number of benzene rings is 1. The van der Waals surface area contributed by atoms with Crippen molar-refractivity contribution in [2.24, 2.45) is 0 Å².